The highest BCUT2D eigenvalue weighted by molar-refractivity contribution is 5.86. The van der Waals surface area contributed by atoms with Gasteiger partial charge in [0.15, 0.2) is 0 Å². The molecule has 2 aromatic rings. The number of imidazole rings is 1. The summed E-state index contributed by atoms with van der Waals surface area (Å²) in [6.45, 7) is 7.52. The molecule has 0 spiro atoms. The summed E-state index contributed by atoms with van der Waals surface area (Å²) in [5, 5.41) is 2.83. The highest BCUT2D eigenvalue weighted by atomic mass is 16.1. The van der Waals surface area contributed by atoms with Crippen LogP contribution in [0.25, 0.3) is 11.0 Å². The van der Waals surface area contributed by atoms with Gasteiger partial charge >= 0.3 is 0 Å². The quantitative estimate of drug-likeness (QED) is 0.357. The molecule has 0 unspecified atom stereocenters. The average molecular weight is 370 g/mol. The molecule has 2 rings (SSSR count). The third-order valence-corrected chi connectivity index (χ3v) is 5.03. The zero-order valence-electron chi connectivity index (χ0n) is 16.9. The molecule has 4 heteroatoms. The van der Waals surface area contributed by atoms with E-state index in [0.717, 1.165) is 44.3 Å². The first kappa shape index (κ1) is 21.2. The monoisotopic (exact) mass is 369 g/mol. The van der Waals surface area contributed by atoms with Crippen molar-refractivity contribution in [2.75, 3.05) is 6.54 Å². The second kappa shape index (κ2) is 12.3. The number of hydrogen-bond acceptors (Lipinski definition) is 2. The van der Waals surface area contributed by atoms with Crippen molar-refractivity contribution >= 4 is 16.9 Å². The molecule has 0 aliphatic carbocycles. The van der Waals surface area contributed by atoms with Gasteiger partial charge in [-0.25, -0.2) is 4.98 Å². The first-order valence-electron chi connectivity index (χ1n) is 10.6. The normalized spacial score (nSPS) is 11.0. The molecule has 0 atom stereocenters. The molecule has 1 aromatic heterocycles. The van der Waals surface area contributed by atoms with Crippen molar-refractivity contribution in [3.05, 3.63) is 42.7 Å². The fourth-order valence-corrected chi connectivity index (χ4v) is 3.48. The summed E-state index contributed by atoms with van der Waals surface area (Å²) >= 11 is 0. The molecule has 4 nitrogen and oxygen atoms in total. The van der Waals surface area contributed by atoms with E-state index >= 15 is 0 Å². The maximum atomic E-state index is 11.2. The SMILES string of the molecule is C=CC(=O)NCCCCCc1nc2ccccc2n1CCCCCCCC. The average Bonchev–Trinajstić information content (AvgIpc) is 3.04. The number of aromatic nitrogens is 2. The third-order valence-electron chi connectivity index (χ3n) is 5.03. The number of amides is 1. The number of fused-ring (bicyclic) bond motifs is 1. The predicted molar refractivity (Wildman–Crippen MR) is 114 cm³/mol. The van der Waals surface area contributed by atoms with Crippen LogP contribution in [0.1, 0.15) is 70.5 Å². The highest BCUT2D eigenvalue weighted by Crippen LogP contribution is 2.19. The van der Waals surface area contributed by atoms with Gasteiger partial charge in [0, 0.05) is 19.5 Å². The van der Waals surface area contributed by atoms with Crippen LogP contribution < -0.4 is 5.32 Å². The summed E-state index contributed by atoms with van der Waals surface area (Å²) in [4.78, 5) is 16.0. The van der Waals surface area contributed by atoms with Crippen LogP contribution in [0.4, 0.5) is 0 Å². The van der Waals surface area contributed by atoms with Gasteiger partial charge in [0.05, 0.1) is 11.0 Å². The molecule has 1 aromatic carbocycles. The fraction of sp³-hybridized carbons (Fsp3) is 0.565. The van der Waals surface area contributed by atoms with E-state index in [1.54, 1.807) is 0 Å². The minimum absolute atomic E-state index is 0.0873. The van der Waals surface area contributed by atoms with Gasteiger partial charge < -0.3 is 9.88 Å². The number of nitrogens with one attached hydrogen (secondary N) is 1. The van der Waals surface area contributed by atoms with Gasteiger partial charge in [-0.2, -0.15) is 0 Å². The number of benzene rings is 1. The molecule has 1 N–H and O–H groups in total. The first-order chi connectivity index (χ1) is 13.3. The molecule has 0 aliphatic heterocycles. The van der Waals surface area contributed by atoms with Gasteiger partial charge in [-0.15, -0.1) is 0 Å². The van der Waals surface area contributed by atoms with E-state index in [9.17, 15) is 4.79 Å². The zero-order chi connectivity index (χ0) is 19.3. The second-order valence-corrected chi connectivity index (χ2v) is 7.24. The van der Waals surface area contributed by atoms with E-state index in [-0.39, 0.29) is 5.91 Å². The van der Waals surface area contributed by atoms with E-state index in [1.807, 2.05) is 0 Å². The number of hydrogen-bond donors (Lipinski definition) is 1. The van der Waals surface area contributed by atoms with Gasteiger partial charge in [0.1, 0.15) is 5.82 Å². The van der Waals surface area contributed by atoms with Crippen molar-refractivity contribution in [1.29, 1.82) is 0 Å². The Morgan fingerprint density at radius 1 is 1.07 bits per heavy atom. The molecule has 0 saturated heterocycles. The second-order valence-electron chi connectivity index (χ2n) is 7.24. The van der Waals surface area contributed by atoms with Crippen LogP contribution in [0.3, 0.4) is 0 Å². The zero-order valence-corrected chi connectivity index (χ0v) is 16.9. The van der Waals surface area contributed by atoms with Crippen LogP contribution in [-0.4, -0.2) is 22.0 Å². The number of carbonyl (C=O) groups is 1. The lowest BCUT2D eigenvalue weighted by molar-refractivity contribution is -0.116. The van der Waals surface area contributed by atoms with Crippen LogP contribution in [0.5, 0.6) is 0 Å². The largest absolute Gasteiger partial charge is 0.353 e. The van der Waals surface area contributed by atoms with Crippen LogP contribution >= 0.6 is 0 Å². The third kappa shape index (κ3) is 7.20. The molecule has 0 aliphatic rings. The lowest BCUT2D eigenvalue weighted by Gasteiger charge is -2.09. The number of aryl methyl sites for hydroxylation is 2. The van der Waals surface area contributed by atoms with E-state index in [1.165, 1.54) is 55.9 Å². The van der Waals surface area contributed by atoms with Crippen molar-refractivity contribution in [1.82, 2.24) is 14.9 Å². The summed E-state index contributed by atoms with van der Waals surface area (Å²) in [6.07, 6.45) is 13.4. The molecular weight excluding hydrogens is 334 g/mol. The number of para-hydroxylation sites is 2. The Bertz CT molecular complexity index is 705. The van der Waals surface area contributed by atoms with Crippen LogP contribution in [0, 0.1) is 0 Å². The van der Waals surface area contributed by atoms with E-state index in [4.69, 9.17) is 4.98 Å². The minimum atomic E-state index is -0.0873. The van der Waals surface area contributed by atoms with Gasteiger partial charge in [0.2, 0.25) is 5.91 Å². The standard InChI is InChI=1S/C23H35N3O/c1-3-5-6-7-8-14-19-26-21-16-12-11-15-20(21)25-22(26)17-10-9-13-18-24-23(27)4-2/h4,11-12,15-16H,2-3,5-10,13-14,17-19H2,1H3,(H,24,27). The van der Waals surface area contributed by atoms with Crippen molar-refractivity contribution in [2.45, 2.75) is 77.7 Å². The number of unbranched alkanes of at least 4 members (excludes halogenated alkanes) is 7. The number of rotatable bonds is 14. The maximum Gasteiger partial charge on any atom is 0.243 e. The smallest absolute Gasteiger partial charge is 0.243 e. The Kier molecular flexibility index (Phi) is 9.67. The maximum absolute atomic E-state index is 11.2. The molecule has 0 fully saturated rings. The molecule has 148 valence electrons. The predicted octanol–water partition coefficient (Wildman–Crippen LogP) is 5.41. The van der Waals surface area contributed by atoms with E-state index < -0.39 is 0 Å². The lowest BCUT2D eigenvalue weighted by atomic mass is 10.1. The topological polar surface area (TPSA) is 46.9 Å². The Morgan fingerprint density at radius 3 is 2.63 bits per heavy atom. The summed E-state index contributed by atoms with van der Waals surface area (Å²) < 4.78 is 2.43. The molecular formula is C23H35N3O. The summed E-state index contributed by atoms with van der Waals surface area (Å²) in [7, 11) is 0. The molecule has 1 amide bonds. The van der Waals surface area contributed by atoms with Gasteiger partial charge in [0.25, 0.3) is 0 Å². The minimum Gasteiger partial charge on any atom is -0.353 e. The van der Waals surface area contributed by atoms with Gasteiger partial charge in [-0.05, 0) is 37.5 Å². The molecule has 0 saturated carbocycles. The molecule has 27 heavy (non-hydrogen) atoms. The summed E-state index contributed by atoms with van der Waals surface area (Å²) in [5.41, 5.74) is 2.37. The lowest BCUT2D eigenvalue weighted by Crippen LogP contribution is -2.21. The Balaban J connectivity index is 1.83. The van der Waals surface area contributed by atoms with Crippen LogP contribution in [-0.2, 0) is 17.8 Å². The first-order valence-corrected chi connectivity index (χ1v) is 10.6. The molecule has 0 bridgehead atoms. The van der Waals surface area contributed by atoms with Crippen molar-refractivity contribution in [3.63, 3.8) is 0 Å². The van der Waals surface area contributed by atoms with Crippen molar-refractivity contribution < 1.29 is 4.79 Å². The van der Waals surface area contributed by atoms with Crippen molar-refractivity contribution in [2.24, 2.45) is 0 Å². The summed E-state index contributed by atoms with van der Waals surface area (Å²) in [5.74, 6) is 1.12. The van der Waals surface area contributed by atoms with E-state index in [0.29, 0.717) is 0 Å². The molecule has 1 heterocycles. The summed E-state index contributed by atoms with van der Waals surface area (Å²) in [6, 6.07) is 8.47. The van der Waals surface area contributed by atoms with Crippen LogP contribution in [0.15, 0.2) is 36.9 Å². The van der Waals surface area contributed by atoms with Gasteiger partial charge in [-0.3, -0.25) is 4.79 Å². The highest BCUT2D eigenvalue weighted by Gasteiger charge is 2.09. The van der Waals surface area contributed by atoms with Gasteiger partial charge in [-0.1, -0.05) is 64.2 Å². The fourth-order valence-electron chi connectivity index (χ4n) is 3.48. The van der Waals surface area contributed by atoms with Crippen molar-refractivity contribution in [3.8, 4) is 0 Å². The number of nitrogens with zero attached hydrogens (tertiary/aromatic N) is 2. The van der Waals surface area contributed by atoms with Crippen LogP contribution in [0.2, 0.25) is 0 Å². The Hall–Kier alpha value is -2.10. The molecule has 0 radical (unpaired) electrons. The van der Waals surface area contributed by atoms with E-state index in [2.05, 4.69) is 47.7 Å². The Labute approximate surface area is 164 Å². The Morgan fingerprint density at radius 2 is 1.81 bits per heavy atom. The number of carbonyl (C=O) groups excluding carboxylic acids is 1.